The van der Waals surface area contributed by atoms with Crippen molar-refractivity contribution in [1.82, 2.24) is 25.7 Å². The Morgan fingerprint density at radius 2 is 1.93 bits per heavy atom. The van der Waals surface area contributed by atoms with Crippen molar-refractivity contribution in [2.45, 2.75) is 51.6 Å². The molecule has 208 valence electrons. The lowest BCUT2D eigenvalue weighted by atomic mass is 10.0. The Kier molecular flexibility index (Phi) is 8.56. The summed E-state index contributed by atoms with van der Waals surface area (Å²) in [4.78, 5) is 29.7. The van der Waals surface area contributed by atoms with E-state index in [4.69, 9.17) is 9.47 Å². The molecule has 10 heteroatoms. The number of aromatic nitrogens is 4. The lowest BCUT2D eigenvalue weighted by Crippen LogP contribution is -2.46. The molecule has 2 aromatic heterocycles. The van der Waals surface area contributed by atoms with Crippen LogP contribution in [0.1, 0.15) is 60.3 Å². The minimum atomic E-state index is -1.01. The molecule has 0 spiro atoms. The van der Waals surface area contributed by atoms with Gasteiger partial charge in [-0.25, -0.2) is 0 Å². The maximum absolute atomic E-state index is 14.1. The molecular weight excluding hydrogens is 508 g/mol. The van der Waals surface area contributed by atoms with Crippen LogP contribution in [0.25, 0.3) is 11.3 Å². The average molecular weight is 543 g/mol. The van der Waals surface area contributed by atoms with Crippen molar-refractivity contribution in [2.75, 3.05) is 18.3 Å². The van der Waals surface area contributed by atoms with E-state index in [1.165, 1.54) is 17.3 Å². The molecule has 10 nitrogen and oxygen atoms in total. The molecule has 2 amide bonds. The van der Waals surface area contributed by atoms with Crippen LogP contribution in [0.5, 0.6) is 5.75 Å². The summed E-state index contributed by atoms with van der Waals surface area (Å²) in [5.41, 5.74) is 3.74. The van der Waals surface area contributed by atoms with Gasteiger partial charge in [0.25, 0.3) is 5.91 Å². The number of carbonyl (C=O) groups is 2. The molecule has 0 radical (unpaired) electrons. The van der Waals surface area contributed by atoms with E-state index in [0.29, 0.717) is 35.0 Å². The third kappa shape index (κ3) is 6.07. The molecule has 1 fully saturated rings. The fourth-order valence-electron chi connectivity index (χ4n) is 5.04. The molecule has 4 aromatic rings. The van der Waals surface area contributed by atoms with Gasteiger partial charge in [-0.2, -0.15) is 10.2 Å². The monoisotopic (exact) mass is 542 g/mol. The standard InChI is InChI=1S/C30H34N6O4/c1-3-39-19-40-24-13-14-27(20(2)15-24)36(30(38)22-17-31-32-18-22)28(29(37)33-23-11-7-8-12-23)26-16-25(34-35-26)21-9-5-4-6-10-21/h4-6,9-10,13-18,23,28H,3,7-8,11-12,19H2,1-2H3,(H,31,32)(H,33,37)(H,34,35). The number of hydrogen-bond donors (Lipinski definition) is 3. The first-order valence-electron chi connectivity index (χ1n) is 13.6. The van der Waals surface area contributed by atoms with Crippen molar-refractivity contribution in [3.05, 3.63) is 83.8 Å². The first kappa shape index (κ1) is 27.1. The minimum Gasteiger partial charge on any atom is -0.468 e. The quantitative estimate of drug-likeness (QED) is 0.182. The molecule has 0 saturated heterocycles. The zero-order chi connectivity index (χ0) is 27.9. The number of aryl methyl sites for hydroxylation is 1. The number of anilines is 1. The smallest absolute Gasteiger partial charge is 0.262 e. The molecule has 2 aromatic carbocycles. The van der Waals surface area contributed by atoms with Gasteiger partial charge in [-0.3, -0.25) is 24.7 Å². The van der Waals surface area contributed by atoms with Crippen molar-refractivity contribution in [3.8, 4) is 17.0 Å². The predicted octanol–water partition coefficient (Wildman–Crippen LogP) is 4.93. The van der Waals surface area contributed by atoms with Crippen LogP contribution in [0.2, 0.25) is 0 Å². The third-order valence-corrected chi connectivity index (χ3v) is 7.07. The van der Waals surface area contributed by atoms with E-state index < -0.39 is 6.04 Å². The zero-order valence-corrected chi connectivity index (χ0v) is 22.7. The maximum atomic E-state index is 14.1. The zero-order valence-electron chi connectivity index (χ0n) is 22.7. The number of carbonyl (C=O) groups excluding carboxylic acids is 2. The Hall–Kier alpha value is -4.44. The number of hydrogen-bond acceptors (Lipinski definition) is 6. The van der Waals surface area contributed by atoms with Gasteiger partial charge in [0.05, 0.1) is 23.1 Å². The van der Waals surface area contributed by atoms with Crippen LogP contribution in [0.4, 0.5) is 5.69 Å². The summed E-state index contributed by atoms with van der Waals surface area (Å²) in [7, 11) is 0. The van der Waals surface area contributed by atoms with Gasteiger partial charge in [0.1, 0.15) is 5.75 Å². The summed E-state index contributed by atoms with van der Waals surface area (Å²) >= 11 is 0. The highest BCUT2D eigenvalue weighted by Gasteiger charge is 2.37. The Bertz CT molecular complexity index is 1410. The number of ether oxygens (including phenoxy) is 2. The molecule has 5 rings (SSSR count). The number of amides is 2. The van der Waals surface area contributed by atoms with E-state index in [2.05, 4.69) is 25.7 Å². The minimum absolute atomic E-state index is 0.0628. The van der Waals surface area contributed by atoms with Crippen LogP contribution in [0.15, 0.2) is 67.0 Å². The van der Waals surface area contributed by atoms with Crippen molar-refractivity contribution < 1.29 is 19.1 Å². The van der Waals surface area contributed by atoms with Crippen molar-refractivity contribution in [3.63, 3.8) is 0 Å². The second kappa shape index (κ2) is 12.6. The Balaban J connectivity index is 1.58. The second-order valence-electron chi connectivity index (χ2n) is 9.83. The molecule has 0 bridgehead atoms. The molecular formula is C30H34N6O4. The van der Waals surface area contributed by atoms with Crippen LogP contribution >= 0.6 is 0 Å². The van der Waals surface area contributed by atoms with Crippen LogP contribution in [0, 0.1) is 6.92 Å². The number of benzene rings is 2. The Labute approximate surface area is 233 Å². The summed E-state index contributed by atoms with van der Waals surface area (Å²) in [6.07, 6.45) is 6.95. The van der Waals surface area contributed by atoms with E-state index in [0.717, 1.165) is 36.8 Å². The average Bonchev–Trinajstić information content (AvgIpc) is 3.76. The van der Waals surface area contributed by atoms with Gasteiger partial charge >= 0.3 is 0 Å². The van der Waals surface area contributed by atoms with Gasteiger partial charge in [0.2, 0.25) is 5.91 Å². The fraction of sp³-hybridized carbons (Fsp3) is 0.333. The number of aromatic amines is 2. The van der Waals surface area contributed by atoms with Gasteiger partial charge in [0.15, 0.2) is 12.8 Å². The predicted molar refractivity (Wildman–Crippen MR) is 151 cm³/mol. The SMILES string of the molecule is CCOCOc1ccc(N(C(=O)c2cn[nH]c2)C(C(=O)NC2CCCC2)c2cc(-c3ccccc3)n[nH]2)c(C)c1. The van der Waals surface area contributed by atoms with E-state index in [1.807, 2.05) is 56.3 Å². The summed E-state index contributed by atoms with van der Waals surface area (Å²) in [6, 6.07) is 16.0. The Morgan fingerprint density at radius 1 is 1.12 bits per heavy atom. The lowest BCUT2D eigenvalue weighted by Gasteiger charge is -2.32. The first-order chi connectivity index (χ1) is 19.5. The summed E-state index contributed by atoms with van der Waals surface area (Å²) in [5.74, 6) is -0.0457. The molecule has 1 unspecified atom stereocenters. The van der Waals surface area contributed by atoms with Crippen LogP contribution in [-0.4, -0.2) is 51.7 Å². The molecule has 0 aliphatic heterocycles. The van der Waals surface area contributed by atoms with Crippen LogP contribution in [-0.2, 0) is 9.53 Å². The molecule has 1 aliphatic carbocycles. The highest BCUT2D eigenvalue weighted by Crippen LogP contribution is 2.35. The van der Waals surface area contributed by atoms with Crippen LogP contribution in [0.3, 0.4) is 0 Å². The highest BCUT2D eigenvalue weighted by molar-refractivity contribution is 6.10. The van der Waals surface area contributed by atoms with E-state index in [9.17, 15) is 9.59 Å². The van der Waals surface area contributed by atoms with Crippen LogP contribution < -0.4 is 15.0 Å². The maximum Gasteiger partial charge on any atom is 0.262 e. The summed E-state index contributed by atoms with van der Waals surface area (Å²) < 4.78 is 11.0. The molecule has 3 N–H and O–H groups in total. The summed E-state index contributed by atoms with van der Waals surface area (Å²) in [5, 5.41) is 17.4. The molecule has 2 heterocycles. The van der Waals surface area contributed by atoms with Crippen molar-refractivity contribution in [2.24, 2.45) is 0 Å². The number of nitrogens with zero attached hydrogens (tertiary/aromatic N) is 3. The fourth-order valence-corrected chi connectivity index (χ4v) is 5.04. The van der Waals surface area contributed by atoms with E-state index in [-0.39, 0.29) is 24.6 Å². The number of nitrogens with one attached hydrogen (secondary N) is 3. The van der Waals surface area contributed by atoms with Gasteiger partial charge in [-0.1, -0.05) is 43.2 Å². The van der Waals surface area contributed by atoms with E-state index >= 15 is 0 Å². The largest absolute Gasteiger partial charge is 0.468 e. The molecule has 1 aliphatic rings. The van der Waals surface area contributed by atoms with E-state index in [1.54, 1.807) is 12.1 Å². The normalized spacial score (nSPS) is 14.2. The van der Waals surface area contributed by atoms with Crippen molar-refractivity contribution >= 4 is 17.5 Å². The van der Waals surface area contributed by atoms with Gasteiger partial charge < -0.3 is 14.8 Å². The first-order valence-corrected chi connectivity index (χ1v) is 13.6. The van der Waals surface area contributed by atoms with Gasteiger partial charge in [-0.05, 0) is 56.5 Å². The third-order valence-electron chi connectivity index (χ3n) is 7.07. The second-order valence-corrected chi connectivity index (χ2v) is 9.83. The molecule has 1 saturated carbocycles. The highest BCUT2D eigenvalue weighted by atomic mass is 16.7. The number of rotatable bonds is 11. The van der Waals surface area contributed by atoms with Crippen molar-refractivity contribution in [1.29, 1.82) is 0 Å². The lowest BCUT2D eigenvalue weighted by molar-refractivity contribution is -0.123. The molecule has 40 heavy (non-hydrogen) atoms. The molecule has 1 atom stereocenters. The Morgan fingerprint density at radius 3 is 2.62 bits per heavy atom. The number of H-pyrrole nitrogens is 2. The van der Waals surface area contributed by atoms with Gasteiger partial charge in [0, 0.05) is 30.1 Å². The topological polar surface area (TPSA) is 125 Å². The van der Waals surface area contributed by atoms with Gasteiger partial charge in [-0.15, -0.1) is 0 Å². The summed E-state index contributed by atoms with van der Waals surface area (Å²) in [6.45, 7) is 4.44.